The summed E-state index contributed by atoms with van der Waals surface area (Å²) in [6.07, 6.45) is -0.726. The normalized spacial score (nSPS) is 14.5. The number of carbonyl (C=O) groups is 7. The van der Waals surface area contributed by atoms with Gasteiger partial charge in [0.05, 0.1) is 6.42 Å². The summed E-state index contributed by atoms with van der Waals surface area (Å²) >= 11 is 0. The number of hydrogen-bond acceptors (Lipinski definition) is 10. The molecular formula is C53H73N5O10. The molecule has 68 heavy (non-hydrogen) atoms. The summed E-state index contributed by atoms with van der Waals surface area (Å²) in [6.45, 7) is 19.7. The molecule has 370 valence electrons. The maximum absolute atomic E-state index is 14.2. The molecule has 0 aromatic heterocycles. The van der Waals surface area contributed by atoms with E-state index < -0.39 is 89.8 Å². The molecule has 3 aromatic carbocycles. The first kappa shape index (κ1) is 54.4. The van der Waals surface area contributed by atoms with E-state index in [0.29, 0.717) is 0 Å². The predicted octanol–water partition coefficient (Wildman–Crippen LogP) is 7.10. The first-order valence-corrected chi connectivity index (χ1v) is 23.8. The van der Waals surface area contributed by atoms with Gasteiger partial charge in [-0.15, -0.1) is 0 Å². The number of ether oxygens (including phenoxy) is 3. The van der Waals surface area contributed by atoms with Gasteiger partial charge in [-0.05, 0) is 91.5 Å². The second kappa shape index (κ2) is 25.2. The van der Waals surface area contributed by atoms with Crippen LogP contribution >= 0.6 is 0 Å². The second-order valence-corrected chi connectivity index (χ2v) is 20.2. The number of rotatable bonds is 23. The van der Waals surface area contributed by atoms with E-state index in [1.54, 1.807) is 46.8 Å². The van der Waals surface area contributed by atoms with E-state index in [4.69, 9.17) is 14.2 Å². The maximum atomic E-state index is 14.2. The van der Waals surface area contributed by atoms with Crippen molar-refractivity contribution in [2.24, 2.45) is 23.7 Å². The van der Waals surface area contributed by atoms with E-state index >= 15 is 0 Å². The Morgan fingerprint density at radius 1 is 0.529 bits per heavy atom. The summed E-state index contributed by atoms with van der Waals surface area (Å²) in [6, 6.07) is 19.0. The quantitative estimate of drug-likeness (QED) is 0.0481. The lowest BCUT2D eigenvalue weighted by Crippen LogP contribution is -2.60. The lowest BCUT2D eigenvalue weighted by atomic mass is 9.98. The summed E-state index contributed by atoms with van der Waals surface area (Å²) in [7, 11) is 0. The number of esters is 2. The molecule has 0 fully saturated rings. The minimum atomic E-state index is -1.51. The van der Waals surface area contributed by atoms with Gasteiger partial charge in [-0.3, -0.25) is 24.0 Å². The van der Waals surface area contributed by atoms with Crippen LogP contribution in [-0.2, 0) is 49.6 Å². The number of alkyl carbamates (subject to hydrolysis) is 1. The molecular weight excluding hydrogens is 867 g/mol. The van der Waals surface area contributed by atoms with Crippen molar-refractivity contribution in [2.75, 3.05) is 6.61 Å². The third-order valence-electron chi connectivity index (χ3n) is 11.2. The lowest BCUT2D eigenvalue weighted by Gasteiger charge is -2.29. The minimum Gasteiger partial charge on any atom is -0.460 e. The van der Waals surface area contributed by atoms with Crippen molar-refractivity contribution in [1.82, 2.24) is 26.6 Å². The van der Waals surface area contributed by atoms with Crippen molar-refractivity contribution in [3.8, 4) is 11.1 Å². The average molecular weight is 940 g/mol. The molecule has 5 amide bonds. The number of nitrogens with one attached hydrogen (secondary N) is 5. The van der Waals surface area contributed by atoms with Crippen LogP contribution < -0.4 is 26.6 Å². The first-order chi connectivity index (χ1) is 32.0. The Balaban J connectivity index is 1.48. The van der Waals surface area contributed by atoms with Crippen LogP contribution in [0.5, 0.6) is 0 Å². The van der Waals surface area contributed by atoms with Gasteiger partial charge in [0.15, 0.2) is 0 Å². The number of hydrogen-bond donors (Lipinski definition) is 5. The molecule has 0 aliphatic heterocycles. The Morgan fingerprint density at radius 3 is 1.51 bits per heavy atom. The molecule has 15 heteroatoms. The van der Waals surface area contributed by atoms with Crippen molar-refractivity contribution in [3.63, 3.8) is 0 Å². The maximum Gasteiger partial charge on any atom is 0.407 e. The lowest BCUT2D eigenvalue weighted by molar-refractivity contribution is -0.157. The average Bonchev–Trinajstić information content (AvgIpc) is 3.57. The third-order valence-corrected chi connectivity index (χ3v) is 11.2. The molecule has 5 atom stereocenters. The third kappa shape index (κ3) is 16.8. The number of benzene rings is 3. The van der Waals surface area contributed by atoms with Crippen LogP contribution in [-0.4, -0.2) is 84.1 Å². The van der Waals surface area contributed by atoms with Gasteiger partial charge >= 0.3 is 18.0 Å². The Bertz CT molecular complexity index is 2160. The summed E-state index contributed by atoms with van der Waals surface area (Å²) < 4.78 is 16.8. The first-order valence-electron chi connectivity index (χ1n) is 23.8. The van der Waals surface area contributed by atoms with Crippen molar-refractivity contribution >= 4 is 41.7 Å². The van der Waals surface area contributed by atoms with E-state index in [0.717, 1.165) is 27.8 Å². The standard InChI is InChI=1S/C53H73N5O10/c1-31(2)25-41(54-47(60)42(26-32(3)4)57-52(65)67-30-40-38-23-17-15-21-36(38)37-22-16-18-24-39(37)40)49(62)58-46(34(7)8)50(63)55-43(28-45(59)68-53(9,10)11)48(61)56-44(27-33(5)6)51(64)66-29-35-19-13-12-14-20-35/h12-24,31-34,40-44,46H,25-30H2,1-11H3,(H,54,60)(H,55,63)(H,56,61)(H,57,65)(H,58,62)/t41-,42+,43+,44-,46+/m1/s1. The van der Waals surface area contributed by atoms with Gasteiger partial charge < -0.3 is 40.8 Å². The van der Waals surface area contributed by atoms with Crippen LogP contribution in [0.3, 0.4) is 0 Å². The number of amides is 5. The van der Waals surface area contributed by atoms with Crippen molar-refractivity contribution in [3.05, 3.63) is 95.6 Å². The van der Waals surface area contributed by atoms with Crippen molar-refractivity contribution < 1.29 is 47.8 Å². The fourth-order valence-electron chi connectivity index (χ4n) is 8.06. The summed E-state index contributed by atoms with van der Waals surface area (Å²) in [5, 5.41) is 13.6. The molecule has 1 aliphatic carbocycles. The zero-order valence-electron chi connectivity index (χ0n) is 41.6. The predicted molar refractivity (Wildman–Crippen MR) is 260 cm³/mol. The Labute approximate surface area is 402 Å². The summed E-state index contributed by atoms with van der Waals surface area (Å²) in [4.78, 5) is 96.3. The largest absolute Gasteiger partial charge is 0.460 e. The molecule has 0 saturated heterocycles. The van der Waals surface area contributed by atoms with Crippen LogP contribution in [0.2, 0.25) is 0 Å². The smallest absolute Gasteiger partial charge is 0.407 e. The van der Waals surface area contributed by atoms with Crippen LogP contribution in [0.1, 0.15) is 124 Å². The van der Waals surface area contributed by atoms with Gasteiger partial charge in [0.1, 0.15) is 49.0 Å². The van der Waals surface area contributed by atoms with Gasteiger partial charge in [0.2, 0.25) is 23.6 Å². The fourth-order valence-corrected chi connectivity index (χ4v) is 8.06. The highest BCUT2D eigenvalue weighted by atomic mass is 16.6. The van der Waals surface area contributed by atoms with E-state index in [1.165, 1.54) is 0 Å². The Hall–Kier alpha value is -6.25. The summed E-state index contributed by atoms with van der Waals surface area (Å²) in [5.74, 6) is -5.24. The van der Waals surface area contributed by atoms with Crippen LogP contribution in [0.4, 0.5) is 4.79 Å². The Kier molecular flexibility index (Phi) is 20.2. The van der Waals surface area contributed by atoms with E-state index in [1.807, 2.05) is 108 Å². The molecule has 0 radical (unpaired) electrons. The van der Waals surface area contributed by atoms with Crippen molar-refractivity contribution in [2.45, 2.75) is 150 Å². The molecule has 0 unspecified atom stereocenters. The van der Waals surface area contributed by atoms with Gasteiger partial charge in [-0.25, -0.2) is 9.59 Å². The van der Waals surface area contributed by atoms with Crippen LogP contribution in [0.25, 0.3) is 11.1 Å². The second-order valence-electron chi connectivity index (χ2n) is 20.2. The highest BCUT2D eigenvalue weighted by Gasteiger charge is 2.37. The highest BCUT2D eigenvalue weighted by Crippen LogP contribution is 2.44. The molecule has 1 aliphatic rings. The molecule has 3 aromatic rings. The van der Waals surface area contributed by atoms with E-state index in [2.05, 4.69) is 26.6 Å². The Morgan fingerprint density at radius 2 is 0.985 bits per heavy atom. The summed E-state index contributed by atoms with van der Waals surface area (Å²) in [5.41, 5.74) is 4.09. The zero-order valence-corrected chi connectivity index (χ0v) is 41.6. The van der Waals surface area contributed by atoms with Gasteiger partial charge in [0, 0.05) is 5.92 Å². The molecule has 5 N–H and O–H groups in total. The van der Waals surface area contributed by atoms with Gasteiger partial charge in [-0.1, -0.05) is 134 Å². The molecule has 0 heterocycles. The molecule has 0 spiro atoms. The van der Waals surface area contributed by atoms with Gasteiger partial charge in [-0.2, -0.15) is 0 Å². The minimum absolute atomic E-state index is 0.0241. The SMILES string of the molecule is CC(C)C[C@H](NC(=O)OCC1c2ccccc2-c2ccccc21)C(=O)N[C@H](CC(C)C)C(=O)N[C@H](C(=O)N[C@@H](CC(=O)OC(C)(C)C)C(=O)N[C@H](CC(C)C)C(=O)OCc1ccccc1)C(C)C. The monoisotopic (exact) mass is 940 g/mol. The fraction of sp³-hybridized carbons (Fsp3) is 0.528. The topological polar surface area (TPSA) is 207 Å². The molecule has 0 saturated carbocycles. The van der Waals surface area contributed by atoms with Crippen LogP contribution in [0, 0.1) is 23.7 Å². The van der Waals surface area contributed by atoms with Crippen molar-refractivity contribution in [1.29, 1.82) is 0 Å². The number of fused-ring (bicyclic) bond motifs is 3. The molecule has 4 rings (SSSR count). The van der Waals surface area contributed by atoms with Crippen LogP contribution in [0.15, 0.2) is 78.9 Å². The van der Waals surface area contributed by atoms with E-state index in [-0.39, 0.29) is 56.1 Å². The van der Waals surface area contributed by atoms with Gasteiger partial charge in [0.25, 0.3) is 0 Å². The number of carbonyl (C=O) groups excluding carboxylic acids is 7. The molecule has 0 bridgehead atoms. The van der Waals surface area contributed by atoms with E-state index in [9.17, 15) is 33.6 Å². The highest BCUT2D eigenvalue weighted by molar-refractivity contribution is 5.97. The zero-order chi connectivity index (χ0) is 50.3. The molecule has 15 nitrogen and oxygen atoms in total.